The van der Waals surface area contributed by atoms with Gasteiger partial charge in [0.25, 0.3) is 0 Å². The van der Waals surface area contributed by atoms with E-state index >= 15 is 0 Å². The first-order valence-electron chi connectivity index (χ1n) is 8.02. The Kier molecular flexibility index (Phi) is 6.03. The van der Waals surface area contributed by atoms with Gasteiger partial charge in [-0.15, -0.1) is 0 Å². The van der Waals surface area contributed by atoms with Gasteiger partial charge in [0.1, 0.15) is 11.6 Å². The third-order valence-electron chi connectivity index (χ3n) is 3.87. The number of nitrogens with one attached hydrogen (secondary N) is 1. The lowest BCUT2D eigenvalue weighted by atomic mass is 10.1. The Morgan fingerprint density at radius 3 is 2.70 bits per heavy atom. The monoisotopic (exact) mass is 405 g/mol. The van der Waals surface area contributed by atoms with E-state index in [4.69, 9.17) is 16.3 Å². The summed E-state index contributed by atoms with van der Waals surface area (Å²) in [5, 5.41) is 3.37. The molecule has 0 saturated heterocycles. The summed E-state index contributed by atoms with van der Waals surface area (Å²) >= 11 is 7.03. The van der Waals surface area contributed by atoms with Crippen molar-refractivity contribution in [3.63, 3.8) is 0 Å². The highest BCUT2D eigenvalue weighted by atomic mass is 35.5. The molecule has 0 unspecified atom stereocenters. The van der Waals surface area contributed by atoms with Gasteiger partial charge in [-0.2, -0.15) is 0 Å². The van der Waals surface area contributed by atoms with Gasteiger partial charge in [-0.05, 0) is 42.5 Å². The number of amides is 1. The van der Waals surface area contributed by atoms with Gasteiger partial charge in [0.15, 0.2) is 5.16 Å². The number of hydrogen-bond acceptors (Lipinski definition) is 4. The molecule has 3 rings (SSSR count). The molecule has 27 heavy (non-hydrogen) atoms. The number of nitrogens with zero attached hydrogens (tertiary/aromatic N) is 2. The van der Waals surface area contributed by atoms with Crippen molar-refractivity contribution < 1.29 is 13.9 Å². The predicted octanol–water partition coefficient (Wildman–Crippen LogP) is 4.62. The minimum absolute atomic E-state index is 0.0336. The Morgan fingerprint density at radius 1 is 1.30 bits per heavy atom. The van der Waals surface area contributed by atoms with Gasteiger partial charge >= 0.3 is 0 Å². The molecule has 0 radical (unpaired) electrons. The Morgan fingerprint density at radius 2 is 2.04 bits per heavy atom. The van der Waals surface area contributed by atoms with Crippen LogP contribution in [0.1, 0.15) is 0 Å². The van der Waals surface area contributed by atoms with Crippen LogP contribution >= 0.6 is 23.4 Å². The zero-order valence-corrected chi connectivity index (χ0v) is 16.3. The highest BCUT2D eigenvalue weighted by Crippen LogP contribution is 2.26. The zero-order valence-electron chi connectivity index (χ0n) is 14.7. The summed E-state index contributed by atoms with van der Waals surface area (Å²) in [5.74, 6) is 0.204. The first kappa shape index (κ1) is 19.3. The topological polar surface area (TPSA) is 56.1 Å². The number of rotatable bonds is 6. The van der Waals surface area contributed by atoms with E-state index in [1.807, 2.05) is 35.9 Å². The summed E-state index contributed by atoms with van der Waals surface area (Å²) in [6.45, 7) is 0. The molecule has 1 aromatic heterocycles. The second kappa shape index (κ2) is 8.45. The Bertz CT molecular complexity index is 960. The smallest absolute Gasteiger partial charge is 0.234 e. The second-order valence-corrected chi connectivity index (χ2v) is 7.03. The number of methoxy groups -OCH3 is 1. The molecule has 0 saturated carbocycles. The highest BCUT2D eigenvalue weighted by molar-refractivity contribution is 7.99. The van der Waals surface area contributed by atoms with Crippen molar-refractivity contribution in [2.75, 3.05) is 18.2 Å². The SMILES string of the molecule is COc1ccc(-c2cnc(SCC(=O)Nc3ccc(F)c(Cl)c3)n2C)cc1. The van der Waals surface area contributed by atoms with Crippen molar-refractivity contribution >= 4 is 35.0 Å². The van der Waals surface area contributed by atoms with E-state index in [2.05, 4.69) is 10.3 Å². The number of imidazole rings is 1. The molecule has 1 amide bonds. The average molecular weight is 406 g/mol. The fourth-order valence-electron chi connectivity index (χ4n) is 2.46. The number of hydrogen-bond donors (Lipinski definition) is 1. The molecule has 0 aliphatic carbocycles. The Balaban J connectivity index is 1.63. The van der Waals surface area contributed by atoms with Gasteiger partial charge in [0.2, 0.25) is 5.91 Å². The third kappa shape index (κ3) is 4.61. The summed E-state index contributed by atoms with van der Waals surface area (Å²) in [6, 6.07) is 11.7. The maximum atomic E-state index is 13.2. The van der Waals surface area contributed by atoms with Gasteiger partial charge in [0, 0.05) is 18.3 Å². The number of anilines is 1. The van der Waals surface area contributed by atoms with Gasteiger partial charge in [0.05, 0.1) is 29.8 Å². The van der Waals surface area contributed by atoms with Crippen LogP contribution in [0.5, 0.6) is 5.75 Å². The largest absolute Gasteiger partial charge is 0.497 e. The molecule has 2 aromatic carbocycles. The molecule has 3 aromatic rings. The number of halogens is 2. The molecule has 5 nitrogen and oxygen atoms in total. The van der Waals surface area contributed by atoms with Crippen LogP contribution in [0.3, 0.4) is 0 Å². The number of carbonyl (C=O) groups excluding carboxylic acids is 1. The van der Waals surface area contributed by atoms with Gasteiger partial charge < -0.3 is 14.6 Å². The van der Waals surface area contributed by atoms with Crippen molar-refractivity contribution in [2.24, 2.45) is 7.05 Å². The molecule has 0 fully saturated rings. The van der Waals surface area contributed by atoms with Crippen molar-refractivity contribution in [1.29, 1.82) is 0 Å². The summed E-state index contributed by atoms with van der Waals surface area (Å²) in [6.07, 6.45) is 1.77. The molecule has 0 aliphatic heterocycles. The van der Waals surface area contributed by atoms with Gasteiger partial charge in [-0.3, -0.25) is 4.79 Å². The van der Waals surface area contributed by atoms with Crippen molar-refractivity contribution in [1.82, 2.24) is 9.55 Å². The number of ether oxygens (including phenoxy) is 1. The van der Waals surface area contributed by atoms with E-state index in [9.17, 15) is 9.18 Å². The minimum atomic E-state index is -0.525. The first-order chi connectivity index (χ1) is 13.0. The molecule has 1 heterocycles. The molecule has 140 valence electrons. The van der Waals surface area contributed by atoms with Crippen molar-refractivity contribution in [3.8, 4) is 17.0 Å². The van der Waals surface area contributed by atoms with E-state index in [0.29, 0.717) is 10.8 Å². The fourth-order valence-corrected chi connectivity index (χ4v) is 3.39. The lowest BCUT2D eigenvalue weighted by Crippen LogP contribution is -2.14. The van der Waals surface area contributed by atoms with E-state index < -0.39 is 5.82 Å². The molecule has 1 N–H and O–H groups in total. The van der Waals surface area contributed by atoms with Crippen LogP contribution in [0, 0.1) is 5.82 Å². The lowest BCUT2D eigenvalue weighted by Gasteiger charge is -2.08. The number of carbonyl (C=O) groups is 1. The Hall–Kier alpha value is -2.51. The molecule has 8 heteroatoms. The summed E-state index contributed by atoms with van der Waals surface area (Å²) in [4.78, 5) is 16.5. The fraction of sp³-hybridized carbons (Fsp3) is 0.158. The van der Waals surface area contributed by atoms with E-state index in [-0.39, 0.29) is 16.7 Å². The summed E-state index contributed by atoms with van der Waals surface area (Å²) < 4.78 is 20.3. The predicted molar refractivity (Wildman–Crippen MR) is 106 cm³/mol. The van der Waals surface area contributed by atoms with Crippen LogP contribution in [-0.4, -0.2) is 28.3 Å². The van der Waals surface area contributed by atoms with Crippen LogP contribution in [0.4, 0.5) is 10.1 Å². The van der Waals surface area contributed by atoms with Crippen LogP contribution in [0.2, 0.25) is 5.02 Å². The van der Waals surface area contributed by atoms with Crippen LogP contribution in [0.15, 0.2) is 53.8 Å². The zero-order chi connectivity index (χ0) is 19.4. The average Bonchev–Trinajstić information content (AvgIpc) is 3.03. The van der Waals surface area contributed by atoms with Crippen LogP contribution in [-0.2, 0) is 11.8 Å². The molecule has 0 bridgehead atoms. The Labute approximate surface area is 165 Å². The number of thioether (sulfide) groups is 1. The minimum Gasteiger partial charge on any atom is -0.497 e. The maximum Gasteiger partial charge on any atom is 0.234 e. The maximum absolute atomic E-state index is 13.2. The normalized spacial score (nSPS) is 10.7. The standard InChI is InChI=1S/C19H17ClFN3O2S/c1-24-17(12-3-6-14(26-2)7-4-12)10-22-19(24)27-11-18(25)23-13-5-8-16(21)15(20)9-13/h3-10H,11H2,1-2H3,(H,23,25). The van der Waals surface area contributed by atoms with Crippen LogP contribution < -0.4 is 10.1 Å². The second-order valence-electron chi connectivity index (χ2n) is 5.68. The van der Waals surface area contributed by atoms with Gasteiger partial charge in [-0.25, -0.2) is 9.37 Å². The molecular weight excluding hydrogens is 389 g/mol. The summed E-state index contributed by atoms with van der Waals surface area (Å²) in [5.41, 5.74) is 2.39. The molecule has 0 atom stereocenters. The van der Waals surface area contributed by atoms with E-state index in [1.54, 1.807) is 13.3 Å². The van der Waals surface area contributed by atoms with Gasteiger partial charge in [-0.1, -0.05) is 23.4 Å². The molecular formula is C19H17ClFN3O2S. The lowest BCUT2D eigenvalue weighted by molar-refractivity contribution is -0.113. The quantitative estimate of drug-likeness (QED) is 0.608. The molecule has 0 spiro atoms. The molecule has 0 aliphatic rings. The van der Waals surface area contributed by atoms with Crippen molar-refractivity contribution in [2.45, 2.75) is 5.16 Å². The van der Waals surface area contributed by atoms with E-state index in [1.165, 1.54) is 30.0 Å². The van der Waals surface area contributed by atoms with Crippen molar-refractivity contribution in [3.05, 3.63) is 59.5 Å². The number of benzene rings is 2. The summed E-state index contributed by atoms with van der Waals surface area (Å²) in [7, 11) is 3.52. The number of aromatic nitrogens is 2. The first-order valence-corrected chi connectivity index (χ1v) is 9.38. The van der Waals surface area contributed by atoms with E-state index in [0.717, 1.165) is 17.0 Å². The third-order valence-corrected chi connectivity index (χ3v) is 5.20. The van der Waals surface area contributed by atoms with Crippen LogP contribution in [0.25, 0.3) is 11.3 Å². The highest BCUT2D eigenvalue weighted by Gasteiger charge is 2.12.